The summed E-state index contributed by atoms with van der Waals surface area (Å²) < 4.78 is 40.5. The molecule has 0 unspecified atom stereocenters. The third-order valence-corrected chi connectivity index (χ3v) is 4.97. The third-order valence-electron chi connectivity index (χ3n) is 3.96. The first-order valence-corrected chi connectivity index (χ1v) is 8.94. The molecule has 1 fully saturated rings. The SMILES string of the molecule is Cn1nnnc1SCC(=O)Nc1cc(C(F)(F)F)ccc1N1CCCC1. The van der Waals surface area contributed by atoms with Crippen molar-refractivity contribution in [2.75, 3.05) is 29.1 Å². The molecule has 1 N–H and O–H groups in total. The molecule has 1 saturated heterocycles. The summed E-state index contributed by atoms with van der Waals surface area (Å²) in [6.07, 6.45) is -2.52. The minimum Gasteiger partial charge on any atom is -0.370 e. The van der Waals surface area contributed by atoms with E-state index in [1.165, 1.54) is 10.7 Å². The fraction of sp³-hybridized carbons (Fsp3) is 0.467. The molecule has 140 valence electrons. The van der Waals surface area contributed by atoms with Gasteiger partial charge in [0.15, 0.2) is 0 Å². The number of halogens is 3. The standard InChI is InChI=1S/C15H17F3N6OS/c1-23-14(20-21-22-23)26-9-13(25)19-11-8-10(15(16,17)18)4-5-12(11)24-6-2-3-7-24/h4-5,8H,2-3,6-7,9H2,1H3,(H,19,25). The molecule has 1 aliphatic heterocycles. The van der Waals surface area contributed by atoms with Crippen LogP contribution in [0.25, 0.3) is 0 Å². The minimum atomic E-state index is -4.47. The molecule has 2 heterocycles. The number of tetrazole rings is 1. The molecule has 11 heteroatoms. The van der Waals surface area contributed by atoms with E-state index < -0.39 is 17.6 Å². The first-order valence-electron chi connectivity index (χ1n) is 7.96. The number of alkyl halides is 3. The molecule has 1 aromatic heterocycles. The maximum absolute atomic E-state index is 13.0. The number of hydrogen-bond donors (Lipinski definition) is 1. The second-order valence-corrected chi connectivity index (χ2v) is 6.79. The van der Waals surface area contributed by atoms with Crippen molar-refractivity contribution in [1.29, 1.82) is 0 Å². The van der Waals surface area contributed by atoms with E-state index in [0.29, 0.717) is 10.8 Å². The molecule has 0 aliphatic carbocycles. The number of benzene rings is 1. The molecule has 1 aromatic carbocycles. The van der Waals surface area contributed by atoms with Crippen molar-refractivity contribution in [1.82, 2.24) is 20.2 Å². The van der Waals surface area contributed by atoms with Gasteiger partial charge in [-0.3, -0.25) is 4.79 Å². The highest BCUT2D eigenvalue weighted by atomic mass is 32.2. The van der Waals surface area contributed by atoms with Crippen molar-refractivity contribution in [3.8, 4) is 0 Å². The van der Waals surface area contributed by atoms with Gasteiger partial charge in [0.2, 0.25) is 11.1 Å². The van der Waals surface area contributed by atoms with Gasteiger partial charge >= 0.3 is 6.18 Å². The highest BCUT2D eigenvalue weighted by molar-refractivity contribution is 7.99. The quantitative estimate of drug-likeness (QED) is 0.796. The lowest BCUT2D eigenvalue weighted by Gasteiger charge is -2.22. The summed E-state index contributed by atoms with van der Waals surface area (Å²) in [5.41, 5.74) is -0.0153. The number of carbonyl (C=O) groups is 1. The van der Waals surface area contributed by atoms with Gasteiger partial charge < -0.3 is 10.2 Å². The Morgan fingerprint density at radius 3 is 2.65 bits per heavy atom. The summed E-state index contributed by atoms with van der Waals surface area (Å²) in [6, 6.07) is 3.45. The number of anilines is 2. The molecule has 0 spiro atoms. The van der Waals surface area contributed by atoms with Crippen LogP contribution < -0.4 is 10.2 Å². The largest absolute Gasteiger partial charge is 0.416 e. The Bertz CT molecular complexity index is 788. The van der Waals surface area contributed by atoms with Crippen LogP contribution >= 0.6 is 11.8 Å². The van der Waals surface area contributed by atoms with Crippen LogP contribution in [0.15, 0.2) is 23.4 Å². The molecule has 2 aromatic rings. The number of nitrogens with one attached hydrogen (secondary N) is 1. The molecule has 1 aliphatic rings. The van der Waals surface area contributed by atoms with Gasteiger partial charge in [-0.25, -0.2) is 4.68 Å². The summed E-state index contributed by atoms with van der Waals surface area (Å²) in [7, 11) is 1.64. The molecule has 0 radical (unpaired) electrons. The first kappa shape index (κ1) is 18.5. The van der Waals surface area contributed by atoms with E-state index in [-0.39, 0.29) is 11.4 Å². The number of aromatic nitrogens is 4. The van der Waals surface area contributed by atoms with Gasteiger partial charge in [0.25, 0.3) is 0 Å². The van der Waals surface area contributed by atoms with Crippen LogP contribution in [0.3, 0.4) is 0 Å². The van der Waals surface area contributed by atoms with Gasteiger partial charge in [-0.05, 0) is 41.5 Å². The van der Waals surface area contributed by atoms with Crippen LogP contribution in [0.2, 0.25) is 0 Å². The van der Waals surface area contributed by atoms with Crippen molar-refractivity contribution >= 4 is 29.0 Å². The fourth-order valence-electron chi connectivity index (χ4n) is 2.71. The van der Waals surface area contributed by atoms with E-state index in [1.54, 1.807) is 7.05 Å². The summed E-state index contributed by atoms with van der Waals surface area (Å²) in [5, 5.41) is 13.9. The van der Waals surface area contributed by atoms with Crippen molar-refractivity contribution in [2.24, 2.45) is 7.05 Å². The van der Waals surface area contributed by atoms with Crippen molar-refractivity contribution in [2.45, 2.75) is 24.2 Å². The van der Waals surface area contributed by atoms with E-state index in [0.717, 1.165) is 49.8 Å². The van der Waals surface area contributed by atoms with Crippen LogP contribution in [0, 0.1) is 0 Å². The van der Waals surface area contributed by atoms with Crippen LogP contribution in [0.5, 0.6) is 0 Å². The Morgan fingerprint density at radius 1 is 1.31 bits per heavy atom. The van der Waals surface area contributed by atoms with Gasteiger partial charge in [0.1, 0.15) is 0 Å². The second-order valence-electron chi connectivity index (χ2n) is 5.85. The second kappa shape index (κ2) is 7.52. The molecular formula is C15H17F3N6OS. The van der Waals surface area contributed by atoms with Crippen LogP contribution in [0.1, 0.15) is 18.4 Å². The monoisotopic (exact) mass is 386 g/mol. The van der Waals surface area contributed by atoms with Gasteiger partial charge in [-0.15, -0.1) is 5.10 Å². The molecule has 7 nitrogen and oxygen atoms in total. The number of aryl methyl sites for hydroxylation is 1. The minimum absolute atomic E-state index is 0.0100. The van der Waals surface area contributed by atoms with Gasteiger partial charge in [-0.2, -0.15) is 13.2 Å². The number of nitrogens with zero attached hydrogens (tertiary/aromatic N) is 5. The summed E-state index contributed by atoms with van der Waals surface area (Å²) in [5.74, 6) is -0.429. The smallest absolute Gasteiger partial charge is 0.370 e. The van der Waals surface area contributed by atoms with E-state index in [2.05, 4.69) is 20.8 Å². The summed E-state index contributed by atoms with van der Waals surface area (Å²) in [4.78, 5) is 14.2. The zero-order chi connectivity index (χ0) is 18.7. The lowest BCUT2D eigenvalue weighted by atomic mass is 10.1. The number of amides is 1. The van der Waals surface area contributed by atoms with Gasteiger partial charge in [0, 0.05) is 20.1 Å². The Labute approximate surface area is 151 Å². The number of rotatable bonds is 5. The summed E-state index contributed by atoms with van der Waals surface area (Å²) in [6.45, 7) is 1.52. The molecule has 0 atom stereocenters. The molecule has 3 rings (SSSR count). The van der Waals surface area contributed by atoms with Crippen LogP contribution in [-0.2, 0) is 18.0 Å². The molecule has 0 saturated carbocycles. The molecule has 0 bridgehead atoms. The predicted molar refractivity (Wildman–Crippen MR) is 91.0 cm³/mol. The Morgan fingerprint density at radius 2 is 2.04 bits per heavy atom. The number of carbonyl (C=O) groups excluding carboxylic acids is 1. The topological polar surface area (TPSA) is 75.9 Å². The highest BCUT2D eigenvalue weighted by Crippen LogP contribution is 2.36. The van der Waals surface area contributed by atoms with Crippen molar-refractivity contribution < 1.29 is 18.0 Å². The lowest BCUT2D eigenvalue weighted by molar-refractivity contribution is -0.137. The zero-order valence-corrected chi connectivity index (χ0v) is 14.8. The number of hydrogen-bond acceptors (Lipinski definition) is 6. The van der Waals surface area contributed by atoms with Crippen LogP contribution in [-0.4, -0.2) is 45.0 Å². The Balaban J connectivity index is 1.77. The van der Waals surface area contributed by atoms with Gasteiger partial charge in [-0.1, -0.05) is 11.8 Å². The Kier molecular flexibility index (Phi) is 5.35. The zero-order valence-electron chi connectivity index (χ0n) is 14.0. The maximum atomic E-state index is 13.0. The first-order chi connectivity index (χ1) is 12.3. The normalized spacial score (nSPS) is 14.7. The third kappa shape index (κ3) is 4.26. The predicted octanol–water partition coefficient (Wildman–Crippen LogP) is 2.56. The maximum Gasteiger partial charge on any atom is 0.416 e. The summed E-state index contributed by atoms with van der Waals surface area (Å²) >= 11 is 1.11. The molecule has 1 amide bonds. The average Bonchev–Trinajstić information content (AvgIpc) is 3.24. The van der Waals surface area contributed by atoms with E-state index in [9.17, 15) is 18.0 Å². The number of thioether (sulfide) groups is 1. The van der Waals surface area contributed by atoms with E-state index >= 15 is 0 Å². The van der Waals surface area contributed by atoms with Crippen LogP contribution in [0.4, 0.5) is 24.5 Å². The molecular weight excluding hydrogens is 369 g/mol. The van der Waals surface area contributed by atoms with E-state index in [4.69, 9.17) is 0 Å². The van der Waals surface area contributed by atoms with Crippen molar-refractivity contribution in [3.05, 3.63) is 23.8 Å². The van der Waals surface area contributed by atoms with E-state index in [1.807, 2.05) is 4.90 Å². The molecule has 26 heavy (non-hydrogen) atoms. The van der Waals surface area contributed by atoms with Gasteiger partial charge in [0.05, 0.1) is 22.7 Å². The average molecular weight is 386 g/mol. The highest BCUT2D eigenvalue weighted by Gasteiger charge is 2.32. The van der Waals surface area contributed by atoms with Crippen molar-refractivity contribution in [3.63, 3.8) is 0 Å². The Hall–Kier alpha value is -2.30. The lowest BCUT2D eigenvalue weighted by Crippen LogP contribution is -2.22. The fourth-order valence-corrected chi connectivity index (χ4v) is 3.36.